The second-order valence-corrected chi connectivity index (χ2v) is 11.9. The monoisotopic (exact) mass is 573 g/mol. The van der Waals surface area contributed by atoms with Crippen LogP contribution in [0.2, 0.25) is 0 Å². The highest BCUT2D eigenvalue weighted by Gasteiger charge is 2.18. The zero-order chi connectivity index (χ0) is 29.5. The lowest BCUT2D eigenvalue weighted by atomic mass is 9.99. The number of hydrogen-bond acceptors (Lipinski definition) is 1. The molecule has 45 heavy (non-hydrogen) atoms. The van der Waals surface area contributed by atoms with Gasteiger partial charge in [0.05, 0.1) is 27.6 Å². The summed E-state index contributed by atoms with van der Waals surface area (Å²) in [5.74, 6) is 0. The second kappa shape index (κ2) is 9.22. The largest absolute Gasteiger partial charge is 0.356 e. The number of fused-ring (bicyclic) bond motifs is 9. The average Bonchev–Trinajstić information content (AvgIpc) is 3.74. The predicted octanol–water partition coefficient (Wildman–Crippen LogP) is 11.3. The molecule has 0 saturated carbocycles. The van der Waals surface area contributed by atoms with E-state index in [0.29, 0.717) is 0 Å². The third-order valence-electron chi connectivity index (χ3n) is 9.42. The van der Waals surface area contributed by atoms with E-state index in [-0.39, 0.29) is 0 Å². The fourth-order valence-electron chi connectivity index (χ4n) is 7.42. The molecule has 0 bridgehead atoms. The number of benzene rings is 7. The normalized spacial score (nSPS) is 12.0. The Kier molecular flexibility index (Phi) is 5.00. The van der Waals surface area contributed by atoms with E-state index < -0.39 is 0 Å². The van der Waals surface area contributed by atoms with E-state index in [1.165, 1.54) is 71.0 Å². The number of nitrogens with one attached hydrogen (secondary N) is 1. The lowest BCUT2D eigenvalue weighted by molar-refractivity contribution is 1.18. The van der Waals surface area contributed by atoms with E-state index in [1.54, 1.807) is 0 Å². The van der Waals surface area contributed by atoms with E-state index in [1.807, 2.05) is 0 Å². The van der Waals surface area contributed by atoms with Gasteiger partial charge in [0, 0.05) is 49.4 Å². The molecule has 0 atom stereocenters. The molecule has 0 spiro atoms. The summed E-state index contributed by atoms with van der Waals surface area (Å²) in [4.78, 5) is 0. The van der Waals surface area contributed by atoms with Crippen LogP contribution in [0.1, 0.15) is 0 Å². The zero-order valence-electron chi connectivity index (χ0n) is 24.4. The van der Waals surface area contributed by atoms with Crippen molar-refractivity contribution >= 4 is 71.3 Å². The van der Waals surface area contributed by atoms with Crippen LogP contribution in [-0.2, 0) is 0 Å². The van der Waals surface area contributed by atoms with Gasteiger partial charge < -0.3 is 14.3 Å². The number of nitrogens with zero attached hydrogens (tertiary/aromatic N) is 2. The number of hydrogen-bond donors (Lipinski definition) is 1. The van der Waals surface area contributed by atoms with Crippen LogP contribution >= 0.6 is 0 Å². The minimum Gasteiger partial charge on any atom is -0.356 e. The summed E-state index contributed by atoms with van der Waals surface area (Å²) in [5, 5.41) is 11.4. The van der Waals surface area contributed by atoms with E-state index in [4.69, 9.17) is 0 Å². The van der Waals surface area contributed by atoms with Crippen molar-refractivity contribution in [3.8, 4) is 16.8 Å². The molecular formula is C42H27N3. The van der Waals surface area contributed by atoms with Gasteiger partial charge in [0.15, 0.2) is 0 Å². The van der Waals surface area contributed by atoms with Crippen molar-refractivity contribution in [1.82, 2.24) is 8.97 Å². The summed E-state index contributed by atoms with van der Waals surface area (Å²) >= 11 is 0. The van der Waals surface area contributed by atoms with Crippen LogP contribution < -0.4 is 5.32 Å². The Morgan fingerprint density at radius 3 is 1.29 bits per heavy atom. The topological polar surface area (TPSA) is 21.4 Å². The number of anilines is 2. The Hall–Kier alpha value is -6.06. The van der Waals surface area contributed by atoms with Crippen molar-refractivity contribution in [3.63, 3.8) is 0 Å². The Labute approximate surface area is 259 Å². The van der Waals surface area contributed by atoms with Gasteiger partial charge in [-0.05, 0) is 83.9 Å². The highest BCUT2D eigenvalue weighted by molar-refractivity contribution is 6.24. The molecule has 0 aliphatic heterocycles. The SMILES string of the molecule is c1ccc2c(c1)c1ccccc1n2-c1ccc(Nc2ccc(-c3cc4c5ccccc5n5c6ccccc6c(c3)c45)cc2)cc1. The first kappa shape index (κ1) is 24.4. The maximum absolute atomic E-state index is 3.61. The molecule has 0 unspecified atom stereocenters. The molecule has 210 valence electrons. The van der Waals surface area contributed by atoms with Crippen LogP contribution in [0.5, 0.6) is 0 Å². The molecule has 3 nitrogen and oxygen atoms in total. The van der Waals surface area contributed by atoms with Crippen molar-refractivity contribution in [2.75, 3.05) is 5.32 Å². The Morgan fingerprint density at radius 1 is 0.356 bits per heavy atom. The van der Waals surface area contributed by atoms with E-state index in [9.17, 15) is 0 Å². The van der Waals surface area contributed by atoms with Crippen molar-refractivity contribution in [2.24, 2.45) is 0 Å². The number of para-hydroxylation sites is 4. The van der Waals surface area contributed by atoms with Gasteiger partial charge in [-0.25, -0.2) is 0 Å². The molecule has 7 aromatic carbocycles. The van der Waals surface area contributed by atoms with Gasteiger partial charge in [-0.3, -0.25) is 0 Å². The molecule has 10 aromatic rings. The Bertz CT molecular complexity index is 2570. The molecule has 0 fully saturated rings. The van der Waals surface area contributed by atoms with Crippen LogP contribution in [0, 0.1) is 0 Å². The molecule has 3 aromatic heterocycles. The van der Waals surface area contributed by atoms with Gasteiger partial charge >= 0.3 is 0 Å². The quantitative estimate of drug-likeness (QED) is 0.222. The van der Waals surface area contributed by atoms with Gasteiger partial charge in [0.25, 0.3) is 0 Å². The summed E-state index contributed by atoms with van der Waals surface area (Å²) in [6, 6.07) is 57.0. The average molecular weight is 574 g/mol. The van der Waals surface area contributed by atoms with Crippen molar-refractivity contribution in [3.05, 3.63) is 158 Å². The Morgan fingerprint density at radius 2 is 0.778 bits per heavy atom. The third kappa shape index (κ3) is 3.52. The summed E-state index contributed by atoms with van der Waals surface area (Å²) in [5.41, 5.74) is 12.0. The second-order valence-electron chi connectivity index (χ2n) is 11.9. The lowest BCUT2D eigenvalue weighted by Crippen LogP contribution is -1.95. The van der Waals surface area contributed by atoms with Crippen molar-refractivity contribution in [2.45, 2.75) is 0 Å². The zero-order valence-corrected chi connectivity index (χ0v) is 24.4. The lowest BCUT2D eigenvalue weighted by Gasteiger charge is -2.11. The van der Waals surface area contributed by atoms with Gasteiger partial charge in [-0.2, -0.15) is 0 Å². The summed E-state index contributed by atoms with van der Waals surface area (Å²) in [6.45, 7) is 0. The minimum absolute atomic E-state index is 1.06. The first-order valence-electron chi connectivity index (χ1n) is 15.4. The number of aromatic nitrogens is 2. The maximum atomic E-state index is 3.61. The van der Waals surface area contributed by atoms with Crippen molar-refractivity contribution in [1.29, 1.82) is 0 Å². The summed E-state index contributed by atoms with van der Waals surface area (Å²) in [7, 11) is 0. The molecule has 0 aliphatic rings. The predicted molar refractivity (Wildman–Crippen MR) is 191 cm³/mol. The first-order chi connectivity index (χ1) is 22.3. The molecule has 0 saturated heterocycles. The van der Waals surface area contributed by atoms with Crippen LogP contribution in [-0.4, -0.2) is 8.97 Å². The van der Waals surface area contributed by atoms with Gasteiger partial charge in [-0.1, -0.05) is 84.9 Å². The molecule has 3 heteroatoms. The highest BCUT2D eigenvalue weighted by atomic mass is 15.0. The standard InChI is InChI=1S/C42H27N3/c1-5-13-38-32(9-1)33-10-2-6-14-39(33)44(38)31-23-21-30(22-24-31)43-29-19-17-27(18-20-29)28-25-36-34-11-3-7-15-40(34)45-41-16-8-4-12-35(41)37(26-28)42(36)45/h1-26,43H. The highest BCUT2D eigenvalue weighted by Crippen LogP contribution is 2.41. The molecule has 0 amide bonds. The van der Waals surface area contributed by atoms with Gasteiger partial charge in [0.1, 0.15) is 0 Å². The fourth-order valence-corrected chi connectivity index (χ4v) is 7.42. The third-order valence-corrected chi connectivity index (χ3v) is 9.42. The molecular weight excluding hydrogens is 546 g/mol. The number of rotatable bonds is 4. The maximum Gasteiger partial charge on any atom is 0.0620 e. The van der Waals surface area contributed by atoms with Gasteiger partial charge in [0.2, 0.25) is 0 Å². The van der Waals surface area contributed by atoms with Crippen LogP contribution in [0.4, 0.5) is 11.4 Å². The molecule has 0 radical (unpaired) electrons. The minimum atomic E-state index is 1.06. The fraction of sp³-hybridized carbons (Fsp3) is 0. The van der Waals surface area contributed by atoms with E-state index >= 15 is 0 Å². The van der Waals surface area contributed by atoms with Gasteiger partial charge in [-0.15, -0.1) is 0 Å². The molecule has 1 N–H and O–H groups in total. The van der Waals surface area contributed by atoms with Crippen LogP contribution in [0.3, 0.4) is 0 Å². The van der Waals surface area contributed by atoms with Crippen LogP contribution in [0.25, 0.3) is 76.7 Å². The molecule has 10 rings (SSSR count). The van der Waals surface area contributed by atoms with Crippen molar-refractivity contribution < 1.29 is 0 Å². The summed E-state index contributed by atoms with van der Waals surface area (Å²) < 4.78 is 4.78. The van der Waals surface area contributed by atoms with E-state index in [2.05, 4.69) is 172 Å². The van der Waals surface area contributed by atoms with Crippen LogP contribution in [0.15, 0.2) is 158 Å². The molecule has 3 heterocycles. The smallest absolute Gasteiger partial charge is 0.0620 e. The Balaban J connectivity index is 0.999. The summed E-state index contributed by atoms with van der Waals surface area (Å²) in [6.07, 6.45) is 0. The first-order valence-corrected chi connectivity index (χ1v) is 15.4. The van der Waals surface area contributed by atoms with E-state index in [0.717, 1.165) is 17.1 Å². The molecule has 0 aliphatic carbocycles.